The average molecular weight is 345 g/mol. The molecule has 2 aromatic rings. The first-order chi connectivity index (χ1) is 11.0. The van der Waals surface area contributed by atoms with Crippen LogP contribution in [-0.4, -0.2) is 54.7 Å². The summed E-state index contributed by atoms with van der Waals surface area (Å²) >= 11 is 0. The van der Waals surface area contributed by atoms with Gasteiger partial charge >= 0.3 is 0 Å². The molecule has 2 unspecified atom stereocenters. The molecule has 1 aliphatic heterocycles. The molecule has 12 heteroatoms. The molecule has 23 heavy (non-hydrogen) atoms. The van der Waals surface area contributed by atoms with Gasteiger partial charge in [0.25, 0.3) is 5.56 Å². The number of hydrogen-bond acceptors (Lipinski definition) is 8. The summed E-state index contributed by atoms with van der Waals surface area (Å²) in [7, 11) is -2.77. The standard InChI is InChI=1S/C11H16N5O6P/c12-11-14-9-8(10(18)15-11)13-3-16(9)7-1-5(6(2-17)22-7)21-4-23(19)20/h3,5-7,17,23H,1-2,4H2,(H,19,20)(H3,12,14,15,18)/t5?,6-,7-/m1/s1. The van der Waals surface area contributed by atoms with Gasteiger partial charge in [-0.25, -0.2) is 4.98 Å². The van der Waals surface area contributed by atoms with Crippen LogP contribution in [0.25, 0.3) is 11.2 Å². The first-order valence-corrected chi connectivity index (χ1v) is 8.38. The second-order valence-corrected chi connectivity index (χ2v) is 6.14. The number of nitrogen functional groups attached to an aromatic ring is 1. The SMILES string of the molecule is Nc1nc2c(ncn2[C@H]2CC(OC[PH](=O)O)[C@@H](CO)O2)c(=O)[nH]1. The molecule has 3 rings (SSSR count). The van der Waals surface area contributed by atoms with E-state index in [0.717, 1.165) is 0 Å². The second-order valence-electron chi connectivity index (χ2n) is 5.07. The van der Waals surface area contributed by atoms with Crippen molar-refractivity contribution < 1.29 is 24.0 Å². The zero-order valence-corrected chi connectivity index (χ0v) is 12.9. The summed E-state index contributed by atoms with van der Waals surface area (Å²) in [6.45, 7) is -0.309. The van der Waals surface area contributed by atoms with Crippen LogP contribution in [0.1, 0.15) is 12.6 Å². The number of aromatic nitrogens is 4. The maximum atomic E-state index is 11.8. The predicted molar refractivity (Wildman–Crippen MR) is 79.1 cm³/mol. The van der Waals surface area contributed by atoms with E-state index in [1.165, 1.54) is 10.9 Å². The number of aliphatic hydroxyl groups is 1. The molecule has 0 aromatic carbocycles. The van der Waals surface area contributed by atoms with E-state index in [-0.39, 0.29) is 30.1 Å². The number of H-pyrrole nitrogens is 1. The van der Waals surface area contributed by atoms with Gasteiger partial charge in [0.1, 0.15) is 18.7 Å². The van der Waals surface area contributed by atoms with E-state index in [1.807, 2.05) is 0 Å². The van der Waals surface area contributed by atoms with Crippen LogP contribution in [0.2, 0.25) is 0 Å². The van der Waals surface area contributed by atoms with Crippen molar-refractivity contribution in [2.24, 2.45) is 0 Å². The smallest absolute Gasteiger partial charge is 0.280 e. The molecule has 0 bridgehead atoms. The minimum Gasteiger partial charge on any atom is -0.394 e. The molecule has 0 amide bonds. The summed E-state index contributed by atoms with van der Waals surface area (Å²) in [5, 5.41) is 9.37. The Kier molecular flexibility index (Phi) is 4.46. The summed E-state index contributed by atoms with van der Waals surface area (Å²) in [4.78, 5) is 31.0. The van der Waals surface area contributed by atoms with Gasteiger partial charge in [-0.3, -0.25) is 18.9 Å². The quantitative estimate of drug-likeness (QED) is 0.486. The van der Waals surface area contributed by atoms with E-state index in [0.29, 0.717) is 6.42 Å². The van der Waals surface area contributed by atoms with Crippen molar-refractivity contribution in [2.75, 3.05) is 18.7 Å². The molecule has 0 saturated carbocycles. The molecule has 3 heterocycles. The summed E-state index contributed by atoms with van der Waals surface area (Å²) in [5.74, 6) is -0.0485. The van der Waals surface area contributed by atoms with Gasteiger partial charge in [0.2, 0.25) is 14.0 Å². The molecule has 0 aliphatic carbocycles. The second kappa shape index (κ2) is 6.38. The van der Waals surface area contributed by atoms with Gasteiger partial charge < -0.3 is 25.2 Å². The third-order valence-electron chi connectivity index (χ3n) is 3.54. The molecule has 5 N–H and O–H groups in total. The number of nitrogens with zero attached hydrogens (tertiary/aromatic N) is 3. The van der Waals surface area contributed by atoms with Crippen LogP contribution >= 0.6 is 8.03 Å². The number of aliphatic hydroxyl groups excluding tert-OH is 1. The summed E-state index contributed by atoms with van der Waals surface area (Å²) < 4.78 is 23.3. The molecule has 4 atom stereocenters. The van der Waals surface area contributed by atoms with E-state index in [1.54, 1.807) is 0 Å². The maximum Gasteiger partial charge on any atom is 0.280 e. The molecule has 1 saturated heterocycles. The predicted octanol–water partition coefficient (Wildman–Crippen LogP) is -1.21. The van der Waals surface area contributed by atoms with Crippen molar-refractivity contribution in [3.05, 3.63) is 16.7 Å². The highest BCUT2D eigenvalue weighted by Gasteiger charge is 2.37. The Morgan fingerprint density at radius 2 is 2.39 bits per heavy atom. The number of fused-ring (bicyclic) bond motifs is 1. The lowest BCUT2D eigenvalue weighted by Crippen LogP contribution is -2.27. The van der Waals surface area contributed by atoms with Crippen molar-refractivity contribution in [1.82, 2.24) is 19.5 Å². The molecular weight excluding hydrogens is 329 g/mol. The number of hydrogen-bond donors (Lipinski definition) is 4. The lowest BCUT2D eigenvalue weighted by Gasteiger charge is -2.15. The van der Waals surface area contributed by atoms with Crippen molar-refractivity contribution in [3.8, 4) is 0 Å². The van der Waals surface area contributed by atoms with Gasteiger partial charge in [0.05, 0.1) is 19.0 Å². The zero-order chi connectivity index (χ0) is 16.6. The lowest BCUT2D eigenvalue weighted by molar-refractivity contribution is -0.0542. The number of rotatable bonds is 5. The Balaban J connectivity index is 1.88. The summed E-state index contributed by atoms with van der Waals surface area (Å²) in [5.41, 5.74) is 5.45. The Bertz CT molecular complexity index is 791. The molecule has 0 radical (unpaired) electrons. The van der Waals surface area contributed by atoms with Crippen LogP contribution < -0.4 is 11.3 Å². The van der Waals surface area contributed by atoms with Crippen LogP contribution in [0.4, 0.5) is 5.95 Å². The average Bonchev–Trinajstić information content (AvgIpc) is 3.08. The highest BCUT2D eigenvalue weighted by molar-refractivity contribution is 7.37. The van der Waals surface area contributed by atoms with Crippen molar-refractivity contribution in [3.63, 3.8) is 0 Å². The number of anilines is 1. The van der Waals surface area contributed by atoms with Crippen LogP contribution in [0.15, 0.2) is 11.1 Å². The fraction of sp³-hybridized carbons (Fsp3) is 0.545. The Labute approximate surface area is 129 Å². The molecule has 0 spiro atoms. The highest BCUT2D eigenvalue weighted by atomic mass is 31.1. The first kappa shape index (κ1) is 16.1. The summed E-state index contributed by atoms with van der Waals surface area (Å²) in [6.07, 6.45) is -0.404. The molecule has 1 aliphatic rings. The largest absolute Gasteiger partial charge is 0.394 e. The molecule has 2 aromatic heterocycles. The van der Waals surface area contributed by atoms with Crippen molar-refractivity contribution in [2.45, 2.75) is 24.9 Å². The Morgan fingerprint density at radius 1 is 1.61 bits per heavy atom. The minimum atomic E-state index is -2.77. The maximum absolute atomic E-state index is 11.8. The minimum absolute atomic E-state index is 0.0485. The lowest BCUT2D eigenvalue weighted by atomic mass is 10.2. The molecule has 11 nitrogen and oxygen atoms in total. The van der Waals surface area contributed by atoms with E-state index < -0.39 is 32.0 Å². The van der Waals surface area contributed by atoms with Crippen LogP contribution in [0, 0.1) is 0 Å². The van der Waals surface area contributed by atoms with E-state index in [2.05, 4.69) is 15.0 Å². The van der Waals surface area contributed by atoms with Gasteiger partial charge in [-0.2, -0.15) is 4.98 Å². The molecule has 1 fully saturated rings. The number of nitrogens with one attached hydrogen (secondary N) is 1. The van der Waals surface area contributed by atoms with E-state index >= 15 is 0 Å². The van der Waals surface area contributed by atoms with Crippen molar-refractivity contribution >= 4 is 25.1 Å². The Hall–Kier alpha value is -1.78. The third kappa shape index (κ3) is 3.14. The van der Waals surface area contributed by atoms with E-state index in [9.17, 15) is 14.5 Å². The van der Waals surface area contributed by atoms with Crippen molar-refractivity contribution in [1.29, 1.82) is 0 Å². The normalized spacial score (nSPS) is 25.9. The Morgan fingerprint density at radius 3 is 3.09 bits per heavy atom. The number of nitrogens with two attached hydrogens (primary N) is 1. The summed E-state index contributed by atoms with van der Waals surface area (Å²) in [6, 6.07) is 0. The van der Waals surface area contributed by atoms with Gasteiger partial charge in [0.15, 0.2) is 11.2 Å². The number of ether oxygens (including phenoxy) is 2. The van der Waals surface area contributed by atoms with Crippen LogP contribution in [0.5, 0.6) is 0 Å². The van der Waals surface area contributed by atoms with Gasteiger partial charge in [0, 0.05) is 6.42 Å². The molecule has 126 valence electrons. The van der Waals surface area contributed by atoms with E-state index in [4.69, 9.17) is 20.1 Å². The topological polar surface area (TPSA) is 166 Å². The fourth-order valence-corrected chi connectivity index (χ4v) is 2.90. The van der Waals surface area contributed by atoms with Crippen LogP contribution in [0.3, 0.4) is 0 Å². The third-order valence-corrected chi connectivity index (χ3v) is 3.96. The monoisotopic (exact) mass is 345 g/mol. The van der Waals surface area contributed by atoms with Gasteiger partial charge in [-0.1, -0.05) is 0 Å². The fourth-order valence-electron chi connectivity index (χ4n) is 2.54. The first-order valence-electron chi connectivity index (χ1n) is 6.81. The number of aromatic amines is 1. The van der Waals surface area contributed by atoms with Gasteiger partial charge in [-0.05, 0) is 0 Å². The molecular formula is C11H16N5O6P. The number of imidazole rings is 1. The van der Waals surface area contributed by atoms with Crippen LogP contribution in [-0.2, 0) is 14.0 Å². The highest BCUT2D eigenvalue weighted by Crippen LogP contribution is 2.33. The van der Waals surface area contributed by atoms with Gasteiger partial charge in [-0.15, -0.1) is 0 Å². The zero-order valence-electron chi connectivity index (χ0n) is 11.9.